The highest BCUT2D eigenvalue weighted by atomic mass is 15.2. The molecule has 0 amide bonds. The average Bonchev–Trinajstić information content (AvgIpc) is 2.72. The Labute approximate surface area is 94.8 Å². The summed E-state index contributed by atoms with van der Waals surface area (Å²) >= 11 is 0. The number of rotatable bonds is 1. The van der Waals surface area contributed by atoms with Crippen molar-refractivity contribution in [1.29, 1.82) is 0 Å². The number of aryl methyl sites for hydroxylation is 1. The molecule has 0 saturated heterocycles. The molecule has 1 N–H and O–H groups in total. The predicted molar refractivity (Wildman–Crippen MR) is 66.2 cm³/mol. The Morgan fingerprint density at radius 3 is 3.12 bits per heavy atom. The van der Waals surface area contributed by atoms with Gasteiger partial charge in [-0.3, -0.25) is 4.68 Å². The first-order valence-electron chi connectivity index (χ1n) is 5.66. The zero-order valence-electron chi connectivity index (χ0n) is 9.40. The zero-order valence-corrected chi connectivity index (χ0v) is 9.40. The molecule has 3 heteroatoms. The first kappa shape index (κ1) is 9.60. The highest BCUT2D eigenvalue weighted by molar-refractivity contribution is 5.83. The number of fused-ring (bicyclic) bond motifs is 1. The molecule has 3 rings (SSSR count). The van der Waals surface area contributed by atoms with Gasteiger partial charge in [-0.25, -0.2) is 0 Å². The SMILES string of the molecule is Cn1ncc2cc(C3=CCNCC3)ccc21. The standard InChI is InChI=1S/C13H15N3/c1-16-13-3-2-11(8-12(13)9-15-16)10-4-6-14-7-5-10/h2-4,8-9,14H,5-7H2,1H3. The predicted octanol–water partition coefficient (Wildman–Crippen LogP) is 1.95. The van der Waals surface area contributed by atoms with Gasteiger partial charge in [0.15, 0.2) is 0 Å². The number of nitrogens with one attached hydrogen (secondary N) is 1. The fourth-order valence-corrected chi connectivity index (χ4v) is 2.25. The molecule has 3 nitrogen and oxygen atoms in total. The summed E-state index contributed by atoms with van der Waals surface area (Å²) in [5.74, 6) is 0. The van der Waals surface area contributed by atoms with Crippen LogP contribution in [0, 0.1) is 0 Å². The van der Waals surface area contributed by atoms with Crippen molar-refractivity contribution in [3.05, 3.63) is 36.0 Å². The highest BCUT2D eigenvalue weighted by Gasteiger charge is 2.07. The Hall–Kier alpha value is -1.61. The number of nitrogens with zero attached hydrogens (tertiary/aromatic N) is 2. The van der Waals surface area contributed by atoms with Gasteiger partial charge in [0.25, 0.3) is 0 Å². The Balaban J connectivity index is 2.07. The molecule has 1 aromatic carbocycles. The number of hydrogen-bond donors (Lipinski definition) is 1. The minimum atomic E-state index is 0.987. The van der Waals surface area contributed by atoms with Crippen LogP contribution in [0.3, 0.4) is 0 Å². The molecule has 1 aliphatic rings. The Bertz CT molecular complexity index is 551. The van der Waals surface area contributed by atoms with Crippen molar-refractivity contribution in [2.24, 2.45) is 7.05 Å². The van der Waals surface area contributed by atoms with Crippen LogP contribution in [0.15, 0.2) is 30.5 Å². The van der Waals surface area contributed by atoms with Crippen LogP contribution in [-0.4, -0.2) is 22.9 Å². The molecule has 16 heavy (non-hydrogen) atoms. The molecule has 0 bridgehead atoms. The molecule has 2 aromatic rings. The molecule has 0 spiro atoms. The summed E-state index contributed by atoms with van der Waals surface area (Å²) < 4.78 is 1.91. The molecule has 1 aliphatic heterocycles. The van der Waals surface area contributed by atoms with E-state index in [0.717, 1.165) is 19.5 Å². The minimum absolute atomic E-state index is 0.987. The van der Waals surface area contributed by atoms with Gasteiger partial charge in [-0.15, -0.1) is 0 Å². The highest BCUT2D eigenvalue weighted by Crippen LogP contribution is 2.23. The van der Waals surface area contributed by atoms with Crippen molar-refractivity contribution < 1.29 is 0 Å². The smallest absolute Gasteiger partial charge is 0.0679 e. The van der Waals surface area contributed by atoms with Crippen LogP contribution in [0.1, 0.15) is 12.0 Å². The second kappa shape index (κ2) is 3.76. The molecule has 0 atom stereocenters. The van der Waals surface area contributed by atoms with Gasteiger partial charge in [-0.1, -0.05) is 12.1 Å². The monoisotopic (exact) mass is 213 g/mol. The van der Waals surface area contributed by atoms with E-state index in [1.807, 2.05) is 17.9 Å². The zero-order chi connectivity index (χ0) is 11.0. The molecule has 2 heterocycles. The van der Waals surface area contributed by atoms with Crippen molar-refractivity contribution in [3.8, 4) is 0 Å². The van der Waals surface area contributed by atoms with E-state index in [1.165, 1.54) is 22.0 Å². The lowest BCUT2D eigenvalue weighted by atomic mass is 9.99. The van der Waals surface area contributed by atoms with E-state index < -0.39 is 0 Å². The fraction of sp³-hybridized carbons (Fsp3) is 0.308. The van der Waals surface area contributed by atoms with Crippen LogP contribution in [-0.2, 0) is 7.05 Å². The lowest BCUT2D eigenvalue weighted by Gasteiger charge is -2.14. The normalized spacial score (nSPS) is 16.4. The van der Waals surface area contributed by atoms with E-state index in [-0.39, 0.29) is 0 Å². The van der Waals surface area contributed by atoms with Crippen LogP contribution in [0.25, 0.3) is 16.5 Å². The molecule has 0 fully saturated rings. The van der Waals surface area contributed by atoms with Crippen LogP contribution in [0.4, 0.5) is 0 Å². The molecule has 0 saturated carbocycles. The number of aromatic nitrogens is 2. The van der Waals surface area contributed by atoms with Crippen LogP contribution < -0.4 is 5.32 Å². The summed E-state index contributed by atoms with van der Waals surface area (Å²) in [5, 5.41) is 8.82. The van der Waals surface area contributed by atoms with Crippen molar-refractivity contribution in [1.82, 2.24) is 15.1 Å². The quantitative estimate of drug-likeness (QED) is 0.784. The Kier molecular flexibility index (Phi) is 2.26. The van der Waals surface area contributed by atoms with Gasteiger partial charge in [0.05, 0.1) is 11.7 Å². The van der Waals surface area contributed by atoms with E-state index in [0.29, 0.717) is 0 Å². The third kappa shape index (κ3) is 1.53. The van der Waals surface area contributed by atoms with E-state index in [2.05, 4.69) is 34.7 Å². The van der Waals surface area contributed by atoms with Gasteiger partial charge in [0.1, 0.15) is 0 Å². The fourth-order valence-electron chi connectivity index (χ4n) is 2.25. The van der Waals surface area contributed by atoms with Crippen LogP contribution >= 0.6 is 0 Å². The Morgan fingerprint density at radius 2 is 2.31 bits per heavy atom. The van der Waals surface area contributed by atoms with Crippen molar-refractivity contribution in [3.63, 3.8) is 0 Å². The summed E-state index contributed by atoms with van der Waals surface area (Å²) in [7, 11) is 1.98. The second-order valence-corrected chi connectivity index (χ2v) is 4.23. The lowest BCUT2D eigenvalue weighted by molar-refractivity contribution is 0.738. The van der Waals surface area contributed by atoms with Gasteiger partial charge in [0.2, 0.25) is 0 Å². The second-order valence-electron chi connectivity index (χ2n) is 4.23. The molecular formula is C13H15N3. The Morgan fingerprint density at radius 1 is 1.38 bits per heavy atom. The van der Waals surface area contributed by atoms with Gasteiger partial charge in [-0.05, 0) is 36.2 Å². The first-order chi connectivity index (χ1) is 7.84. The summed E-state index contributed by atoms with van der Waals surface area (Å²) in [6, 6.07) is 6.58. The molecule has 0 unspecified atom stereocenters. The van der Waals surface area contributed by atoms with Gasteiger partial charge in [0, 0.05) is 19.0 Å². The van der Waals surface area contributed by atoms with Crippen molar-refractivity contribution >= 4 is 16.5 Å². The summed E-state index contributed by atoms with van der Waals surface area (Å²) in [6.45, 7) is 2.07. The van der Waals surface area contributed by atoms with Crippen LogP contribution in [0.2, 0.25) is 0 Å². The van der Waals surface area contributed by atoms with Gasteiger partial charge >= 0.3 is 0 Å². The molecule has 1 aromatic heterocycles. The maximum atomic E-state index is 4.27. The lowest BCUT2D eigenvalue weighted by Crippen LogP contribution is -2.19. The maximum Gasteiger partial charge on any atom is 0.0679 e. The van der Waals surface area contributed by atoms with Gasteiger partial charge in [-0.2, -0.15) is 5.10 Å². The van der Waals surface area contributed by atoms with E-state index >= 15 is 0 Å². The number of hydrogen-bond acceptors (Lipinski definition) is 2. The summed E-state index contributed by atoms with van der Waals surface area (Å²) in [4.78, 5) is 0. The maximum absolute atomic E-state index is 4.27. The van der Waals surface area contributed by atoms with E-state index in [1.54, 1.807) is 0 Å². The molecule has 0 radical (unpaired) electrons. The number of benzene rings is 1. The van der Waals surface area contributed by atoms with E-state index in [9.17, 15) is 0 Å². The third-order valence-electron chi connectivity index (χ3n) is 3.18. The molecule has 82 valence electrons. The summed E-state index contributed by atoms with van der Waals surface area (Å²) in [5.41, 5.74) is 3.98. The minimum Gasteiger partial charge on any atom is -0.313 e. The topological polar surface area (TPSA) is 29.9 Å². The first-order valence-corrected chi connectivity index (χ1v) is 5.66. The average molecular weight is 213 g/mol. The van der Waals surface area contributed by atoms with Crippen LogP contribution in [0.5, 0.6) is 0 Å². The van der Waals surface area contributed by atoms with Crippen molar-refractivity contribution in [2.45, 2.75) is 6.42 Å². The molecular weight excluding hydrogens is 198 g/mol. The largest absolute Gasteiger partial charge is 0.313 e. The summed E-state index contributed by atoms with van der Waals surface area (Å²) in [6.07, 6.45) is 5.33. The van der Waals surface area contributed by atoms with E-state index in [4.69, 9.17) is 0 Å². The third-order valence-corrected chi connectivity index (χ3v) is 3.18. The van der Waals surface area contributed by atoms with Crippen molar-refractivity contribution in [2.75, 3.05) is 13.1 Å². The van der Waals surface area contributed by atoms with Gasteiger partial charge < -0.3 is 5.32 Å². The molecule has 0 aliphatic carbocycles.